The van der Waals surface area contributed by atoms with Crippen LogP contribution in [0.2, 0.25) is 0 Å². The smallest absolute Gasteiger partial charge is 0.238 e. The van der Waals surface area contributed by atoms with Crippen LogP contribution in [-0.2, 0) is 0 Å². The first-order chi connectivity index (χ1) is 41.5. The van der Waals surface area contributed by atoms with E-state index in [4.69, 9.17) is 15.0 Å². The zero-order valence-electron chi connectivity index (χ0n) is 60.7. The molecule has 0 aliphatic carbocycles. The van der Waals surface area contributed by atoms with E-state index in [0.717, 1.165) is 27.8 Å². The van der Waals surface area contributed by atoms with E-state index in [1.165, 1.54) is 235 Å². The molecule has 0 aliphatic heterocycles. The van der Waals surface area contributed by atoms with Crippen LogP contribution in [-0.4, -0.2) is 283 Å². The molecule has 89 heavy (non-hydrogen) atoms. The summed E-state index contributed by atoms with van der Waals surface area (Å²) >= 11 is 0. The maximum Gasteiger partial charge on any atom is 0.238 e. The van der Waals surface area contributed by atoms with Crippen LogP contribution in [0.3, 0.4) is 0 Å². The summed E-state index contributed by atoms with van der Waals surface area (Å²) in [6, 6.07) is 0. The second-order valence-electron chi connectivity index (χ2n) is 28.1. The zero-order valence-corrected chi connectivity index (χ0v) is 60.7. The van der Waals surface area contributed by atoms with E-state index in [1.54, 1.807) is 0 Å². The van der Waals surface area contributed by atoms with Crippen LogP contribution in [0.4, 0.5) is 0 Å². The maximum atomic E-state index is 6.16. The first kappa shape index (κ1) is 65.0. The number of fused-ring (bicyclic) bond motifs is 6. The van der Waals surface area contributed by atoms with Gasteiger partial charge in [-0.25, -0.2) is 4.98 Å². The van der Waals surface area contributed by atoms with E-state index >= 15 is 0 Å². The monoisotopic (exact) mass is 1110 g/mol. The van der Waals surface area contributed by atoms with Gasteiger partial charge in [0.15, 0.2) is 11.6 Å². The van der Waals surface area contributed by atoms with Gasteiger partial charge in [-0.05, 0) is 43.8 Å². The summed E-state index contributed by atoms with van der Waals surface area (Å²) in [4.78, 5) is 18.3. The Balaban J connectivity index is 1.42. The summed E-state index contributed by atoms with van der Waals surface area (Å²) < 4.78 is 5.18. The molecule has 0 radical (unpaired) electrons. The molecule has 38 heteroatoms. The normalized spacial score (nSPS) is 11.7. The quantitative estimate of drug-likeness (QED) is 0.156. The number of hydrogen-bond donors (Lipinski definition) is 0. The molecule has 0 bridgehead atoms. The molecule has 11 aromatic rings. The van der Waals surface area contributed by atoms with Crippen LogP contribution in [0.5, 0.6) is 0 Å². The fraction of sp³-hybridized carbons (Fsp3) is 0. The molecular formula is C51H66B33N5. The largest absolute Gasteiger partial charge is 0.310 e. The highest BCUT2D eigenvalue weighted by molar-refractivity contribution is 6.77. The molecule has 0 spiro atoms. The number of nitrogens with zero attached hydrogens (tertiary/aromatic N) is 5. The van der Waals surface area contributed by atoms with E-state index in [9.17, 15) is 0 Å². The second kappa shape index (κ2) is 22.4. The standard InChI is InChI=1S/C51H66B33N5/c52-11-1(2-14(55)26(67)34(75)27(68)15(2)56)12(53)23(64)9(22(11)63)49-85-50(10-24(65)33(74)39(80)43(84)48(10)88-45-6(19(60)30(71)36(77)40(45)81)7-20(61)31(72)37(78)41(82)46(7)88)87-51(86-49)89-44-5(8-21(62)32(73)38(79)42(83)47(8)89)18(59)13(54)4(25(44)66)3-16(57)28(69)35(76)29(70)17(3)58/h52-84H2. The van der Waals surface area contributed by atoms with Gasteiger partial charge in [-0.2, -0.15) is 9.97 Å². The van der Waals surface area contributed by atoms with Crippen molar-refractivity contribution in [3.8, 4) is 56.7 Å². The van der Waals surface area contributed by atoms with Gasteiger partial charge in [-0.15, -0.1) is 54.6 Å². The minimum absolute atomic E-state index is 0.632. The third kappa shape index (κ3) is 8.80. The van der Waals surface area contributed by atoms with Gasteiger partial charge in [0.2, 0.25) is 5.95 Å². The van der Waals surface area contributed by atoms with Crippen LogP contribution in [0.15, 0.2) is 0 Å². The van der Waals surface area contributed by atoms with Crippen LogP contribution in [0, 0.1) is 0 Å². The van der Waals surface area contributed by atoms with Crippen molar-refractivity contribution in [2.75, 3.05) is 0 Å². The van der Waals surface area contributed by atoms with Crippen LogP contribution < -0.4 is 180 Å². The fourth-order valence-electron chi connectivity index (χ4n) is 16.7. The Labute approximate surface area is 559 Å². The van der Waals surface area contributed by atoms with Gasteiger partial charge in [-0.3, -0.25) is 4.57 Å². The maximum absolute atomic E-state index is 6.16. The van der Waals surface area contributed by atoms with Gasteiger partial charge >= 0.3 is 0 Å². The Morgan fingerprint density at radius 3 is 0.708 bits per heavy atom. The topological polar surface area (TPSA) is 48.5 Å². The SMILES string of the molecule is Bc1c(B)c(B)c(-c2c(B)c(B)c(-c3nc(-c4c(B)c(B)c(B)c(B)c4-n4c5c(B)c(B)c(B)c(B)c5c5c(B)c(B)c(B)c(B)c54)nc(-n4c5c(B)c(B)c(B)c(B)c5c5c(B)c(B)c(-c6c(B)c(B)c(B)c(B)c6B)c(B)c54)n3)c(B)c2B)c(B)c1B. The first-order valence-electron chi connectivity index (χ1n) is 32.7. The van der Waals surface area contributed by atoms with E-state index in [2.05, 4.69) is 268 Å². The van der Waals surface area contributed by atoms with Crippen molar-refractivity contribution >= 4 is 483 Å². The van der Waals surface area contributed by atoms with E-state index in [-0.39, 0.29) is 0 Å². The predicted octanol–water partition coefficient (Wildman–Crippen LogP) is -44.7. The molecule has 0 atom stereocenters. The molecule has 11 rings (SSSR count). The number of benzene rings is 8. The van der Waals surface area contributed by atoms with Gasteiger partial charge < -0.3 is 4.57 Å². The molecule has 394 valence electrons. The van der Waals surface area contributed by atoms with E-state index in [0.29, 0.717) is 17.6 Å². The lowest BCUT2D eigenvalue weighted by molar-refractivity contribution is 0.957. The molecule has 0 fully saturated rings. The average Bonchev–Trinajstić information content (AvgIpc) is 1.61. The van der Waals surface area contributed by atoms with Gasteiger partial charge in [0.25, 0.3) is 0 Å². The molecule has 8 aromatic carbocycles. The number of rotatable bonds is 6. The highest BCUT2D eigenvalue weighted by atomic mass is 15.2. The Kier molecular flexibility index (Phi) is 16.4. The fourth-order valence-corrected chi connectivity index (χ4v) is 16.7. The Bertz CT molecular complexity index is 5020. The van der Waals surface area contributed by atoms with Gasteiger partial charge in [-0.1, -0.05) is 126 Å². The Morgan fingerprint density at radius 2 is 0.360 bits per heavy atom. The minimum atomic E-state index is 0.632. The van der Waals surface area contributed by atoms with Crippen LogP contribution >= 0.6 is 0 Å². The van der Waals surface area contributed by atoms with Crippen LogP contribution in [0.1, 0.15) is 0 Å². The lowest BCUT2D eigenvalue weighted by Gasteiger charge is -2.28. The van der Waals surface area contributed by atoms with Crippen molar-refractivity contribution in [3.63, 3.8) is 0 Å². The van der Waals surface area contributed by atoms with E-state index < -0.39 is 0 Å². The molecule has 0 N–H and O–H groups in total. The van der Waals surface area contributed by atoms with Gasteiger partial charge in [0, 0.05) is 33.4 Å². The van der Waals surface area contributed by atoms with Gasteiger partial charge in [0.05, 0.1) is 5.52 Å². The molecule has 5 nitrogen and oxygen atoms in total. The highest BCUT2D eigenvalue weighted by Gasteiger charge is 2.33. The van der Waals surface area contributed by atoms with Crippen molar-refractivity contribution in [1.82, 2.24) is 24.1 Å². The lowest BCUT2D eigenvalue weighted by atomic mass is 9.56. The Hall–Kier alpha value is -5.49. The van der Waals surface area contributed by atoms with Crippen molar-refractivity contribution in [1.29, 1.82) is 0 Å². The lowest BCUT2D eigenvalue weighted by Crippen LogP contribution is -2.57. The molecule has 3 aromatic heterocycles. The summed E-state index contributed by atoms with van der Waals surface area (Å²) in [5.74, 6) is 2.00. The summed E-state index contributed by atoms with van der Waals surface area (Å²) in [5.41, 5.74) is 56.5. The van der Waals surface area contributed by atoms with Crippen molar-refractivity contribution in [2.45, 2.75) is 0 Å². The summed E-state index contributed by atoms with van der Waals surface area (Å²) in [6.45, 7) is 0. The Morgan fingerprint density at radius 1 is 0.157 bits per heavy atom. The molecular weight excluding hydrogens is 1040 g/mol. The molecule has 3 heterocycles. The number of aromatic nitrogens is 5. The second-order valence-corrected chi connectivity index (χ2v) is 28.1. The molecule has 0 unspecified atom stereocenters. The molecule has 0 amide bonds. The molecule has 0 saturated carbocycles. The zero-order chi connectivity index (χ0) is 65.7. The highest BCUT2D eigenvalue weighted by Crippen LogP contribution is 2.33. The summed E-state index contributed by atoms with van der Waals surface area (Å²) in [5, 5.41) is 5.23. The predicted molar refractivity (Wildman–Crippen MR) is 500 cm³/mol. The van der Waals surface area contributed by atoms with Crippen LogP contribution in [0.25, 0.3) is 100 Å². The van der Waals surface area contributed by atoms with Crippen molar-refractivity contribution in [2.24, 2.45) is 0 Å². The van der Waals surface area contributed by atoms with Crippen molar-refractivity contribution in [3.05, 3.63) is 0 Å². The summed E-state index contributed by atoms with van der Waals surface area (Å²) in [7, 11) is 76.9. The van der Waals surface area contributed by atoms with Gasteiger partial charge in [0.1, 0.15) is 259 Å². The first-order valence-corrected chi connectivity index (χ1v) is 32.7. The number of hydrogen-bond acceptors (Lipinski definition) is 3. The minimum Gasteiger partial charge on any atom is -0.310 e. The third-order valence-electron chi connectivity index (χ3n) is 24.9. The molecule has 0 aliphatic rings. The molecule has 0 saturated heterocycles. The third-order valence-corrected chi connectivity index (χ3v) is 24.9. The van der Waals surface area contributed by atoms with Crippen molar-refractivity contribution < 1.29 is 0 Å². The summed E-state index contributed by atoms with van der Waals surface area (Å²) in [6.07, 6.45) is 0. The van der Waals surface area contributed by atoms with E-state index in [1.807, 2.05) is 0 Å². The average molecular weight is 1110 g/mol.